The average Bonchev–Trinajstić information content (AvgIpc) is 3.13. The first-order valence-corrected chi connectivity index (χ1v) is 8.87. The van der Waals surface area contributed by atoms with E-state index >= 15 is 0 Å². The van der Waals surface area contributed by atoms with E-state index in [-0.39, 0.29) is 24.7 Å². The Morgan fingerprint density at radius 2 is 1.88 bits per heavy atom. The molecule has 6 nitrogen and oxygen atoms in total. The van der Waals surface area contributed by atoms with Crippen LogP contribution in [0.25, 0.3) is 0 Å². The van der Waals surface area contributed by atoms with Crippen molar-refractivity contribution in [1.82, 2.24) is 10.6 Å². The van der Waals surface area contributed by atoms with E-state index in [1.54, 1.807) is 35.7 Å². The SMILES string of the molecule is O=C(O)CC(NC(=O)CCCNC(=O)c1ccsc1)c1ccccc1. The maximum atomic E-state index is 12.1. The number of thiophene rings is 1. The lowest BCUT2D eigenvalue weighted by Gasteiger charge is -2.17. The molecule has 2 amide bonds. The van der Waals surface area contributed by atoms with Gasteiger partial charge in [0, 0.05) is 23.9 Å². The van der Waals surface area contributed by atoms with Crippen molar-refractivity contribution < 1.29 is 19.5 Å². The van der Waals surface area contributed by atoms with Gasteiger partial charge in [-0.2, -0.15) is 11.3 Å². The van der Waals surface area contributed by atoms with Gasteiger partial charge in [0.05, 0.1) is 12.5 Å². The van der Waals surface area contributed by atoms with Crippen LogP contribution in [0.5, 0.6) is 0 Å². The van der Waals surface area contributed by atoms with Gasteiger partial charge in [0.1, 0.15) is 0 Å². The molecule has 1 aromatic heterocycles. The summed E-state index contributed by atoms with van der Waals surface area (Å²) in [5.41, 5.74) is 1.36. The minimum Gasteiger partial charge on any atom is -0.481 e. The summed E-state index contributed by atoms with van der Waals surface area (Å²) in [6.07, 6.45) is 0.522. The largest absolute Gasteiger partial charge is 0.481 e. The Balaban J connectivity index is 1.77. The molecule has 0 saturated heterocycles. The van der Waals surface area contributed by atoms with Crippen LogP contribution < -0.4 is 10.6 Å². The topological polar surface area (TPSA) is 95.5 Å². The average molecular weight is 360 g/mol. The molecular formula is C18H20N2O4S. The Morgan fingerprint density at radius 3 is 2.52 bits per heavy atom. The van der Waals surface area contributed by atoms with Crippen LogP contribution >= 0.6 is 11.3 Å². The Bertz CT molecular complexity index is 701. The third-order valence-corrected chi connectivity index (χ3v) is 4.25. The van der Waals surface area contributed by atoms with Crippen molar-refractivity contribution in [1.29, 1.82) is 0 Å². The van der Waals surface area contributed by atoms with Gasteiger partial charge in [0.25, 0.3) is 5.91 Å². The molecule has 0 spiro atoms. The summed E-state index contributed by atoms with van der Waals surface area (Å²) in [7, 11) is 0. The van der Waals surface area contributed by atoms with Gasteiger partial charge >= 0.3 is 5.97 Å². The van der Waals surface area contributed by atoms with Gasteiger partial charge < -0.3 is 15.7 Å². The molecule has 1 atom stereocenters. The number of nitrogens with one attached hydrogen (secondary N) is 2. The standard InChI is InChI=1S/C18H20N2O4S/c21-16(7-4-9-19-18(24)14-8-10-25-12-14)20-15(11-17(22)23)13-5-2-1-3-6-13/h1-3,5-6,8,10,12,15H,4,7,9,11H2,(H,19,24)(H,20,21)(H,22,23). The van der Waals surface area contributed by atoms with E-state index in [1.165, 1.54) is 11.3 Å². The van der Waals surface area contributed by atoms with Crippen LogP contribution in [0.4, 0.5) is 0 Å². The summed E-state index contributed by atoms with van der Waals surface area (Å²) >= 11 is 1.45. The summed E-state index contributed by atoms with van der Waals surface area (Å²) in [6.45, 7) is 0.386. The molecule has 1 aromatic carbocycles. The summed E-state index contributed by atoms with van der Waals surface area (Å²) < 4.78 is 0. The summed E-state index contributed by atoms with van der Waals surface area (Å²) in [4.78, 5) is 34.8. The number of carbonyl (C=O) groups excluding carboxylic acids is 2. The van der Waals surface area contributed by atoms with E-state index < -0.39 is 12.0 Å². The van der Waals surface area contributed by atoms with Crippen LogP contribution in [-0.4, -0.2) is 29.4 Å². The van der Waals surface area contributed by atoms with Crippen molar-refractivity contribution >= 4 is 29.1 Å². The highest BCUT2D eigenvalue weighted by molar-refractivity contribution is 7.08. The highest BCUT2D eigenvalue weighted by atomic mass is 32.1. The van der Waals surface area contributed by atoms with Gasteiger partial charge in [0.15, 0.2) is 0 Å². The fourth-order valence-electron chi connectivity index (χ4n) is 2.33. The third-order valence-electron chi connectivity index (χ3n) is 3.57. The monoisotopic (exact) mass is 360 g/mol. The van der Waals surface area contributed by atoms with Gasteiger partial charge in [-0.3, -0.25) is 14.4 Å². The smallest absolute Gasteiger partial charge is 0.305 e. The van der Waals surface area contributed by atoms with Gasteiger partial charge in [-0.15, -0.1) is 0 Å². The molecule has 132 valence electrons. The molecule has 1 heterocycles. The van der Waals surface area contributed by atoms with Gasteiger partial charge in [-0.05, 0) is 23.4 Å². The van der Waals surface area contributed by atoms with Gasteiger partial charge in [0.2, 0.25) is 5.91 Å². The van der Waals surface area contributed by atoms with Crippen LogP contribution in [0.3, 0.4) is 0 Å². The molecule has 0 fully saturated rings. The molecular weight excluding hydrogens is 340 g/mol. The highest BCUT2D eigenvalue weighted by Gasteiger charge is 2.17. The Hall–Kier alpha value is -2.67. The minimum absolute atomic E-state index is 0.158. The van der Waals surface area contributed by atoms with E-state index in [4.69, 9.17) is 5.11 Å². The van der Waals surface area contributed by atoms with E-state index in [0.29, 0.717) is 18.5 Å². The van der Waals surface area contributed by atoms with E-state index in [9.17, 15) is 14.4 Å². The molecule has 0 aliphatic rings. The normalized spacial score (nSPS) is 11.5. The number of carboxylic acids is 1. The lowest BCUT2D eigenvalue weighted by Crippen LogP contribution is -2.31. The number of hydrogen-bond acceptors (Lipinski definition) is 4. The highest BCUT2D eigenvalue weighted by Crippen LogP contribution is 2.16. The van der Waals surface area contributed by atoms with Crippen LogP contribution in [0.2, 0.25) is 0 Å². The van der Waals surface area contributed by atoms with Crippen molar-refractivity contribution in [2.45, 2.75) is 25.3 Å². The summed E-state index contributed by atoms with van der Waals surface area (Å²) in [5.74, 6) is -1.37. The Morgan fingerprint density at radius 1 is 1.12 bits per heavy atom. The molecule has 0 aliphatic heterocycles. The van der Waals surface area contributed by atoms with Crippen molar-refractivity contribution in [2.24, 2.45) is 0 Å². The van der Waals surface area contributed by atoms with Crippen molar-refractivity contribution in [3.05, 3.63) is 58.3 Å². The van der Waals surface area contributed by atoms with Crippen LogP contribution in [0.15, 0.2) is 47.2 Å². The Labute approximate surface area is 149 Å². The first-order valence-electron chi connectivity index (χ1n) is 7.93. The molecule has 2 rings (SSSR count). The maximum Gasteiger partial charge on any atom is 0.305 e. The Kier molecular flexibility index (Phi) is 7.16. The van der Waals surface area contributed by atoms with Gasteiger partial charge in [-0.25, -0.2) is 0 Å². The molecule has 1 unspecified atom stereocenters. The molecule has 7 heteroatoms. The van der Waals surface area contributed by atoms with Crippen molar-refractivity contribution in [3.8, 4) is 0 Å². The molecule has 0 aliphatic carbocycles. The predicted octanol–water partition coefficient (Wildman–Crippen LogP) is 2.59. The zero-order valence-electron chi connectivity index (χ0n) is 13.6. The zero-order valence-corrected chi connectivity index (χ0v) is 14.4. The van der Waals surface area contributed by atoms with Gasteiger partial charge in [-0.1, -0.05) is 30.3 Å². The lowest BCUT2D eigenvalue weighted by atomic mass is 10.0. The lowest BCUT2D eigenvalue weighted by molar-refractivity contribution is -0.137. The summed E-state index contributed by atoms with van der Waals surface area (Å²) in [6, 6.07) is 10.2. The molecule has 0 saturated carbocycles. The van der Waals surface area contributed by atoms with E-state index in [0.717, 1.165) is 5.56 Å². The molecule has 0 radical (unpaired) electrons. The maximum absolute atomic E-state index is 12.1. The third kappa shape index (κ3) is 6.39. The number of aliphatic carboxylic acids is 1. The molecule has 25 heavy (non-hydrogen) atoms. The fourth-order valence-corrected chi connectivity index (χ4v) is 2.96. The predicted molar refractivity (Wildman–Crippen MR) is 95.5 cm³/mol. The molecule has 3 N–H and O–H groups in total. The second-order valence-electron chi connectivity index (χ2n) is 5.50. The number of carboxylic acid groups (broad SMARTS) is 1. The first kappa shape index (κ1) is 18.7. The number of amides is 2. The van der Waals surface area contributed by atoms with E-state index in [1.807, 2.05) is 11.4 Å². The van der Waals surface area contributed by atoms with Crippen molar-refractivity contribution in [2.75, 3.05) is 6.54 Å². The molecule has 2 aromatic rings. The second-order valence-corrected chi connectivity index (χ2v) is 6.28. The van der Waals surface area contributed by atoms with E-state index in [2.05, 4.69) is 10.6 Å². The number of carbonyl (C=O) groups is 3. The van der Waals surface area contributed by atoms with Crippen LogP contribution in [0, 0.1) is 0 Å². The quantitative estimate of drug-likeness (QED) is 0.599. The number of rotatable bonds is 9. The van der Waals surface area contributed by atoms with Crippen LogP contribution in [-0.2, 0) is 9.59 Å². The zero-order chi connectivity index (χ0) is 18.1. The summed E-state index contributed by atoms with van der Waals surface area (Å²) in [5, 5.41) is 18.1. The second kappa shape index (κ2) is 9.58. The first-order chi connectivity index (χ1) is 12.1. The van der Waals surface area contributed by atoms with Crippen LogP contribution in [0.1, 0.15) is 41.2 Å². The minimum atomic E-state index is -0.975. The van der Waals surface area contributed by atoms with Crippen molar-refractivity contribution in [3.63, 3.8) is 0 Å². The number of hydrogen-bond donors (Lipinski definition) is 3. The fraction of sp³-hybridized carbons (Fsp3) is 0.278. The molecule has 0 bridgehead atoms. The number of benzene rings is 1.